The Kier molecular flexibility index (Phi) is 8.29. The maximum absolute atomic E-state index is 6.41. The van der Waals surface area contributed by atoms with Gasteiger partial charge >= 0.3 is 0 Å². The zero-order valence-corrected chi connectivity index (χ0v) is 21.2. The Labute approximate surface area is 217 Å². The van der Waals surface area contributed by atoms with Gasteiger partial charge in [-0.2, -0.15) is 0 Å². The van der Waals surface area contributed by atoms with E-state index < -0.39 is 0 Å². The molecule has 5 rings (SSSR count). The van der Waals surface area contributed by atoms with Gasteiger partial charge in [0.25, 0.3) is 0 Å². The van der Waals surface area contributed by atoms with Gasteiger partial charge in [-0.15, -0.1) is 12.4 Å². The summed E-state index contributed by atoms with van der Waals surface area (Å²) in [5, 5.41) is 6.46. The Balaban J connectivity index is 0.00000289. The van der Waals surface area contributed by atoms with Crippen LogP contribution in [-0.2, 0) is 4.74 Å². The lowest BCUT2D eigenvalue weighted by molar-refractivity contribution is 0.110. The van der Waals surface area contributed by atoms with Crippen LogP contribution < -0.4 is 10.1 Å². The lowest BCUT2D eigenvalue weighted by Crippen LogP contribution is -2.21. The number of aliphatic imine (C=N–C) groups is 1. The number of fused-ring (bicyclic) bond motifs is 1. The van der Waals surface area contributed by atoms with E-state index in [4.69, 9.17) is 26.1 Å². The normalized spacial score (nSPS) is 12.7. The van der Waals surface area contributed by atoms with Crippen molar-refractivity contribution in [1.82, 2.24) is 5.32 Å². The Morgan fingerprint density at radius 1 is 0.886 bits per heavy atom. The van der Waals surface area contributed by atoms with Crippen LogP contribution in [0, 0.1) is 0 Å². The minimum Gasteiger partial charge on any atom is -0.490 e. The molecule has 4 nitrogen and oxygen atoms in total. The zero-order chi connectivity index (χ0) is 23.3. The minimum absolute atomic E-state index is 0. The summed E-state index contributed by atoms with van der Waals surface area (Å²) in [5.74, 6) is 1.72. The number of hydrogen-bond acceptors (Lipinski definition) is 4. The first-order valence-corrected chi connectivity index (χ1v) is 12.0. The molecule has 0 aliphatic carbocycles. The van der Waals surface area contributed by atoms with Gasteiger partial charge in [0.1, 0.15) is 18.2 Å². The monoisotopic (exact) mass is 506 g/mol. The summed E-state index contributed by atoms with van der Waals surface area (Å²) in [7, 11) is 0. The Morgan fingerprint density at radius 3 is 2.26 bits per heavy atom. The number of amidine groups is 1. The van der Waals surface area contributed by atoms with E-state index in [1.165, 1.54) is 0 Å². The predicted octanol–water partition coefficient (Wildman–Crippen LogP) is 7.01. The third kappa shape index (κ3) is 5.46. The fourth-order valence-corrected chi connectivity index (χ4v) is 4.46. The quantitative estimate of drug-likeness (QED) is 0.261. The number of benzene rings is 4. The third-order valence-corrected chi connectivity index (χ3v) is 6.21. The molecule has 0 aromatic heterocycles. The Bertz CT molecular complexity index is 1320. The van der Waals surface area contributed by atoms with E-state index in [2.05, 4.69) is 59.9 Å². The second kappa shape index (κ2) is 11.6. The molecule has 0 spiro atoms. The molecule has 0 amide bonds. The van der Waals surface area contributed by atoms with Crippen molar-refractivity contribution in [2.24, 2.45) is 4.99 Å². The third-order valence-electron chi connectivity index (χ3n) is 5.96. The van der Waals surface area contributed by atoms with Crippen molar-refractivity contribution in [1.29, 1.82) is 0 Å². The smallest absolute Gasteiger partial charge is 0.138 e. The number of nitrogens with zero attached hydrogens (tertiary/aromatic N) is 1. The fraction of sp³-hybridized carbons (Fsp3) is 0.207. The maximum Gasteiger partial charge on any atom is 0.138 e. The van der Waals surface area contributed by atoms with Crippen molar-refractivity contribution in [3.8, 4) is 28.0 Å². The first kappa shape index (κ1) is 25.1. The van der Waals surface area contributed by atoms with Crippen LogP contribution in [0.15, 0.2) is 83.9 Å². The molecule has 1 aliphatic rings. The van der Waals surface area contributed by atoms with E-state index in [-0.39, 0.29) is 12.4 Å². The lowest BCUT2D eigenvalue weighted by Gasteiger charge is -2.19. The highest BCUT2D eigenvalue weighted by Crippen LogP contribution is 2.41. The fourth-order valence-electron chi connectivity index (χ4n) is 4.34. The molecule has 35 heavy (non-hydrogen) atoms. The van der Waals surface area contributed by atoms with Crippen molar-refractivity contribution < 1.29 is 9.47 Å². The number of ether oxygens (including phenoxy) is 2. The van der Waals surface area contributed by atoms with Gasteiger partial charge in [-0.3, -0.25) is 4.99 Å². The zero-order valence-electron chi connectivity index (χ0n) is 19.6. The van der Waals surface area contributed by atoms with Gasteiger partial charge in [-0.05, 0) is 52.6 Å². The summed E-state index contributed by atoms with van der Waals surface area (Å²) in [6, 6.07) is 27.1. The van der Waals surface area contributed by atoms with Crippen molar-refractivity contribution in [2.45, 2.75) is 6.92 Å². The highest BCUT2D eigenvalue weighted by atomic mass is 35.5. The summed E-state index contributed by atoms with van der Waals surface area (Å²) in [4.78, 5) is 4.70. The molecule has 0 fully saturated rings. The molecule has 0 saturated heterocycles. The van der Waals surface area contributed by atoms with Gasteiger partial charge in [0, 0.05) is 23.7 Å². The van der Waals surface area contributed by atoms with E-state index in [1.807, 2.05) is 31.2 Å². The number of hydrogen-bond donors (Lipinski definition) is 1. The summed E-state index contributed by atoms with van der Waals surface area (Å²) in [6.45, 7) is 5.28. The molecule has 0 bridgehead atoms. The Hall–Kier alpha value is -3.05. The van der Waals surface area contributed by atoms with Gasteiger partial charge in [0.2, 0.25) is 0 Å². The second-order valence-electron chi connectivity index (χ2n) is 8.14. The molecule has 6 heteroatoms. The van der Waals surface area contributed by atoms with E-state index in [0.29, 0.717) is 19.8 Å². The van der Waals surface area contributed by atoms with Crippen molar-refractivity contribution in [2.75, 3.05) is 32.9 Å². The first-order valence-electron chi connectivity index (χ1n) is 11.7. The largest absolute Gasteiger partial charge is 0.490 e. The molecule has 1 N–H and O–H groups in total. The average Bonchev–Trinajstić information content (AvgIpc) is 3.41. The Morgan fingerprint density at radius 2 is 1.57 bits per heavy atom. The molecular formula is C29H28Cl2N2O2. The van der Waals surface area contributed by atoms with Crippen molar-refractivity contribution in [3.63, 3.8) is 0 Å². The standard InChI is InChI=1S/C29H27ClN2O2.ClH/c1-2-33-17-18-34-28-26(29-31-15-16-32-29)19-23-5-3-4-6-25(23)27(28)22-9-7-20(8-10-22)21-11-13-24(30)14-12-21;/h3-14,19H,2,15-18H2,1H3,(H,31,32);1H. The molecule has 180 valence electrons. The molecule has 4 aromatic rings. The van der Waals surface area contributed by atoms with Gasteiger partial charge in [-0.25, -0.2) is 0 Å². The molecule has 4 aromatic carbocycles. The summed E-state index contributed by atoms with van der Waals surface area (Å²) < 4.78 is 12.0. The van der Waals surface area contributed by atoms with E-state index in [1.54, 1.807) is 0 Å². The lowest BCUT2D eigenvalue weighted by atomic mass is 9.92. The van der Waals surface area contributed by atoms with E-state index in [0.717, 1.165) is 68.3 Å². The maximum atomic E-state index is 6.41. The highest BCUT2D eigenvalue weighted by Gasteiger charge is 2.21. The van der Waals surface area contributed by atoms with Crippen LogP contribution in [-0.4, -0.2) is 38.7 Å². The van der Waals surface area contributed by atoms with Gasteiger partial charge in [0.05, 0.1) is 18.7 Å². The highest BCUT2D eigenvalue weighted by molar-refractivity contribution is 6.30. The van der Waals surface area contributed by atoms with E-state index in [9.17, 15) is 0 Å². The van der Waals surface area contributed by atoms with Gasteiger partial charge in [0.15, 0.2) is 0 Å². The SMILES string of the molecule is CCOCCOc1c(C2=NCCN2)cc2ccccc2c1-c1ccc(-c2ccc(Cl)cc2)cc1.Cl. The number of nitrogens with one attached hydrogen (secondary N) is 1. The van der Waals surface area contributed by atoms with Crippen LogP contribution in [0.25, 0.3) is 33.0 Å². The molecule has 1 aliphatic heterocycles. The number of halogens is 2. The predicted molar refractivity (Wildman–Crippen MR) is 148 cm³/mol. The van der Waals surface area contributed by atoms with Gasteiger partial charge < -0.3 is 14.8 Å². The van der Waals surface area contributed by atoms with Crippen LogP contribution in [0.3, 0.4) is 0 Å². The van der Waals surface area contributed by atoms with Crippen LogP contribution >= 0.6 is 24.0 Å². The summed E-state index contributed by atoms with van der Waals surface area (Å²) >= 11 is 6.07. The van der Waals surface area contributed by atoms with Crippen LogP contribution in [0.1, 0.15) is 12.5 Å². The van der Waals surface area contributed by atoms with Crippen LogP contribution in [0.2, 0.25) is 5.02 Å². The summed E-state index contributed by atoms with van der Waals surface area (Å²) in [5.41, 5.74) is 5.43. The number of rotatable bonds is 8. The molecule has 0 unspecified atom stereocenters. The molecular weight excluding hydrogens is 479 g/mol. The molecule has 0 atom stereocenters. The average molecular weight is 507 g/mol. The topological polar surface area (TPSA) is 42.9 Å². The van der Waals surface area contributed by atoms with Crippen LogP contribution in [0.4, 0.5) is 0 Å². The summed E-state index contributed by atoms with van der Waals surface area (Å²) in [6.07, 6.45) is 0. The molecule has 0 radical (unpaired) electrons. The second-order valence-corrected chi connectivity index (χ2v) is 8.57. The van der Waals surface area contributed by atoms with E-state index >= 15 is 0 Å². The van der Waals surface area contributed by atoms with Crippen molar-refractivity contribution >= 4 is 40.6 Å². The molecule has 1 heterocycles. The van der Waals surface area contributed by atoms with Gasteiger partial charge in [-0.1, -0.05) is 72.3 Å². The van der Waals surface area contributed by atoms with Crippen molar-refractivity contribution in [3.05, 3.63) is 89.4 Å². The first-order chi connectivity index (χ1) is 16.7. The van der Waals surface area contributed by atoms with Crippen LogP contribution in [0.5, 0.6) is 5.75 Å². The molecule has 0 saturated carbocycles. The minimum atomic E-state index is 0.